The molecule has 2 aromatic carbocycles. The predicted molar refractivity (Wildman–Crippen MR) is 104 cm³/mol. The maximum atomic E-state index is 13.4. The van der Waals surface area contributed by atoms with Crippen molar-refractivity contribution in [2.45, 2.75) is 37.5 Å². The molecule has 2 aromatic rings. The summed E-state index contributed by atoms with van der Waals surface area (Å²) in [7, 11) is 3.18. The zero-order valence-corrected chi connectivity index (χ0v) is 15.9. The molecule has 138 valence electrons. The Balaban J connectivity index is 1.94. The van der Waals surface area contributed by atoms with Crippen molar-refractivity contribution in [1.29, 1.82) is 0 Å². The Hall–Kier alpha value is -2.20. The first-order valence-corrected chi connectivity index (χ1v) is 9.26. The molecule has 0 aromatic heterocycles. The van der Waals surface area contributed by atoms with Gasteiger partial charge in [0.25, 0.3) is 0 Å². The Morgan fingerprint density at radius 3 is 2.46 bits per heavy atom. The normalized spacial score (nSPS) is 16.0. The van der Waals surface area contributed by atoms with Gasteiger partial charge in [0.1, 0.15) is 11.5 Å². The summed E-state index contributed by atoms with van der Waals surface area (Å²) in [6, 6.07) is 13.1. The van der Waals surface area contributed by atoms with Gasteiger partial charge in [0.2, 0.25) is 5.91 Å². The largest absolute Gasteiger partial charge is 0.497 e. The molecule has 0 spiro atoms. The SMILES string of the molecule is COc1ccc(NC(=O)C2(c3cccc(Cl)c3)CCCCC2)c(OC)c1. The molecule has 1 N–H and O–H groups in total. The highest BCUT2D eigenvalue weighted by Gasteiger charge is 2.41. The molecule has 0 saturated heterocycles. The molecule has 5 heteroatoms. The number of hydrogen-bond donors (Lipinski definition) is 1. The lowest BCUT2D eigenvalue weighted by Gasteiger charge is -2.36. The Kier molecular flexibility index (Phi) is 5.72. The molecule has 0 unspecified atom stereocenters. The fourth-order valence-electron chi connectivity index (χ4n) is 3.73. The van der Waals surface area contributed by atoms with E-state index >= 15 is 0 Å². The van der Waals surface area contributed by atoms with Crippen LogP contribution in [0.3, 0.4) is 0 Å². The fraction of sp³-hybridized carbons (Fsp3) is 0.381. The van der Waals surface area contributed by atoms with Gasteiger partial charge in [0.05, 0.1) is 25.3 Å². The summed E-state index contributed by atoms with van der Waals surface area (Å²) in [6.45, 7) is 0. The van der Waals surface area contributed by atoms with Crippen LogP contribution in [0.15, 0.2) is 42.5 Å². The summed E-state index contributed by atoms with van der Waals surface area (Å²) in [5.74, 6) is 1.25. The van der Waals surface area contributed by atoms with E-state index in [1.807, 2.05) is 36.4 Å². The number of carbonyl (C=O) groups is 1. The van der Waals surface area contributed by atoms with Gasteiger partial charge in [0, 0.05) is 11.1 Å². The molecule has 0 aliphatic heterocycles. The minimum atomic E-state index is -0.561. The van der Waals surface area contributed by atoms with Crippen molar-refractivity contribution in [3.63, 3.8) is 0 Å². The van der Waals surface area contributed by atoms with Gasteiger partial charge in [-0.1, -0.05) is 43.0 Å². The minimum Gasteiger partial charge on any atom is -0.497 e. The van der Waals surface area contributed by atoms with Gasteiger partial charge in [-0.15, -0.1) is 0 Å². The lowest BCUT2D eigenvalue weighted by molar-refractivity contribution is -0.122. The second kappa shape index (κ2) is 8.00. The third-order valence-electron chi connectivity index (χ3n) is 5.18. The lowest BCUT2D eigenvalue weighted by atomic mass is 9.68. The van der Waals surface area contributed by atoms with Gasteiger partial charge >= 0.3 is 0 Å². The average molecular weight is 374 g/mol. The van der Waals surface area contributed by atoms with Gasteiger partial charge in [-0.3, -0.25) is 4.79 Å². The van der Waals surface area contributed by atoms with Crippen molar-refractivity contribution in [3.8, 4) is 11.5 Å². The van der Waals surface area contributed by atoms with Crippen LogP contribution in [-0.2, 0) is 10.2 Å². The lowest BCUT2D eigenvalue weighted by Crippen LogP contribution is -2.42. The second-order valence-electron chi connectivity index (χ2n) is 6.67. The molecule has 1 saturated carbocycles. The number of amides is 1. The maximum absolute atomic E-state index is 13.4. The molecular formula is C21H24ClNO3. The van der Waals surface area contributed by atoms with Gasteiger partial charge in [-0.25, -0.2) is 0 Å². The zero-order chi connectivity index (χ0) is 18.6. The Morgan fingerprint density at radius 2 is 1.81 bits per heavy atom. The standard InChI is InChI=1S/C21H24ClNO3/c1-25-17-9-10-18(19(14-17)26-2)23-20(24)21(11-4-3-5-12-21)15-7-6-8-16(22)13-15/h6-10,13-14H,3-5,11-12H2,1-2H3,(H,23,24). The number of nitrogens with one attached hydrogen (secondary N) is 1. The number of hydrogen-bond acceptors (Lipinski definition) is 3. The van der Waals surface area contributed by atoms with Crippen molar-refractivity contribution in [1.82, 2.24) is 0 Å². The van der Waals surface area contributed by atoms with Crippen LogP contribution in [0, 0.1) is 0 Å². The molecule has 0 atom stereocenters. The number of halogens is 1. The molecule has 0 radical (unpaired) electrons. The smallest absolute Gasteiger partial charge is 0.235 e. The first-order valence-electron chi connectivity index (χ1n) is 8.88. The predicted octanol–water partition coefficient (Wildman–Crippen LogP) is 5.20. The number of carbonyl (C=O) groups excluding carboxylic acids is 1. The highest BCUT2D eigenvalue weighted by Crippen LogP contribution is 2.42. The highest BCUT2D eigenvalue weighted by molar-refractivity contribution is 6.30. The quantitative estimate of drug-likeness (QED) is 0.783. The van der Waals surface area contributed by atoms with Gasteiger partial charge in [0.15, 0.2) is 0 Å². The van der Waals surface area contributed by atoms with Crippen molar-refractivity contribution in [3.05, 3.63) is 53.1 Å². The summed E-state index contributed by atoms with van der Waals surface area (Å²) < 4.78 is 10.6. The molecule has 0 bridgehead atoms. The van der Waals surface area contributed by atoms with Crippen LogP contribution in [0.1, 0.15) is 37.7 Å². The van der Waals surface area contributed by atoms with Gasteiger partial charge in [-0.2, -0.15) is 0 Å². The topological polar surface area (TPSA) is 47.6 Å². The zero-order valence-electron chi connectivity index (χ0n) is 15.2. The van der Waals surface area contributed by atoms with Crippen LogP contribution in [0.25, 0.3) is 0 Å². The molecule has 1 aliphatic rings. The van der Waals surface area contributed by atoms with Gasteiger partial charge < -0.3 is 14.8 Å². The molecule has 1 amide bonds. The van der Waals surface area contributed by atoms with Crippen molar-refractivity contribution in [2.24, 2.45) is 0 Å². The highest BCUT2D eigenvalue weighted by atomic mass is 35.5. The van der Waals surface area contributed by atoms with Crippen LogP contribution in [-0.4, -0.2) is 20.1 Å². The molecule has 0 heterocycles. The van der Waals surface area contributed by atoms with E-state index in [4.69, 9.17) is 21.1 Å². The van der Waals surface area contributed by atoms with Crippen LogP contribution in [0.5, 0.6) is 11.5 Å². The number of anilines is 1. The first kappa shape index (κ1) is 18.6. The third-order valence-corrected chi connectivity index (χ3v) is 5.41. The summed E-state index contributed by atoms with van der Waals surface area (Å²) in [5, 5.41) is 3.73. The fourth-order valence-corrected chi connectivity index (χ4v) is 3.92. The van der Waals surface area contributed by atoms with Crippen molar-refractivity contribution in [2.75, 3.05) is 19.5 Å². The maximum Gasteiger partial charge on any atom is 0.235 e. The van der Waals surface area contributed by atoms with E-state index in [1.165, 1.54) is 0 Å². The molecular weight excluding hydrogens is 350 g/mol. The van der Waals surface area contributed by atoms with E-state index in [9.17, 15) is 4.79 Å². The molecule has 4 nitrogen and oxygen atoms in total. The Labute approximate surface area is 159 Å². The monoisotopic (exact) mass is 373 g/mol. The van der Waals surface area contributed by atoms with Crippen LogP contribution >= 0.6 is 11.6 Å². The number of methoxy groups -OCH3 is 2. The Bertz CT molecular complexity index is 785. The van der Waals surface area contributed by atoms with E-state index in [0.717, 1.165) is 37.7 Å². The first-order chi connectivity index (χ1) is 12.6. The summed E-state index contributed by atoms with van der Waals surface area (Å²) in [4.78, 5) is 13.4. The number of rotatable bonds is 5. The Morgan fingerprint density at radius 1 is 1.04 bits per heavy atom. The van der Waals surface area contributed by atoms with E-state index in [2.05, 4.69) is 5.32 Å². The summed E-state index contributed by atoms with van der Waals surface area (Å²) >= 11 is 6.21. The number of benzene rings is 2. The van der Waals surface area contributed by atoms with Crippen LogP contribution < -0.4 is 14.8 Å². The van der Waals surface area contributed by atoms with E-state index in [0.29, 0.717) is 22.2 Å². The minimum absolute atomic E-state index is 0.0112. The second-order valence-corrected chi connectivity index (χ2v) is 7.11. The van der Waals surface area contributed by atoms with Crippen molar-refractivity contribution < 1.29 is 14.3 Å². The third kappa shape index (κ3) is 3.65. The molecule has 3 rings (SSSR count). The van der Waals surface area contributed by atoms with E-state index in [-0.39, 0.29) is 5.91 Å². The summed E-state index contributed by atoms with van der Waals surface area (Å²) in [5.41, 5.74) is 1.06. The summed E-state index contributed by atoms with van der Waals surface area (Å²) in [6.07, 6.45) is 4.84. The molecule has 1 fully saturated rings. The van der Waals surface area contributed by atoms with Gasteiger partial charge in [-0.05, 0) is 42.7 Å². The van der Waals surface area contributed by atoms with E-state index in [1.54, 1.807) is 20.3 Å². The van der Waals surface area contributed by atoms with Crippen molar-refractivity contribution >= 4 is 23.2 Å². The van der Waals surface area contributed by atoms with E-state index < -0.39 is 5.41 Å². The van der Waals surface area contributed by atoms with Crippen LogP contribution in [0.4, 0.5) is 5.69 Å². The molecule has 26 heavy (non-hydrogen) atoms. The van der Waals surface area contributed by atoms with Crippen LogP contribution in [0.2, 0.25) is 5.02 Å². The number of ether oxygens (including phenoxy) is 2. The average Bonchev–Trinajstić information content (AvgIpc) is 2.68. The molecule has 1 aliphatic carbocycles.